The third kappa shape index (κ3) is 4.29. The van der Waals surface area contributed by atoms with E-state index in [2.05, 4.69) is 94.8 Å². The monoisotopic (exact) mass is 605 g/mol. The summed E-state index contributed by atoms with van der Waals surface area (Å²) in [7, 11) is -4.75. The second kappa shape index (κ2) is 9.63. The molecular weight excluding hydrogens is 575 g/mol. The molecule has 0 N–H and O–H groups in total. The Hall–Kier alpha value is -0.296. The normalized spacial score (nSPS) is 18.8. The number of allylic oxidation sites excluding steroid dienone is 4. The summed E-state index contributed by atoms with van der Waals surface area (Å²) in [4.78, 5) is 0. The van der Waals surface area contributed by atoms with E-state index in [0.717, 1.165) is 6.42 Å². The molecule has 0 fully saturated rings. The first-order valence-corrected chi connectivity index (χ1v) is 21.5. The fourth-order valence-electron chi connectivity index (χ4n) is 5.44. The molecule has 7 heteroatoms. The Morgan fingerprint density at radius 3 is 2.27 bits per heavy atom. The minimum absolute atomic E-state index is 0. The summed E-state index contributed by atoms with van der Waals surface area (Å²) in [6.45, 7) is 17.3. The van der Waals surface area contributed by atoms with Gasteiger partial charge in [0.05, 0.1) is 13.3 Å². The molecule has 5 rings (SSSR count). The van der Waals surface area contributed by atoms with Crippen LogP contribution in [-0.2, 0) is 26.2 Å². The van der Waals surface area contributed by atoms with Crippen LogP contribution in [0.3, 0.4) is 0 Å². The number of rotatable bonds is 5. The van der Waals surface area contributed by atoms with Gasteiger partial charge < -0.3 is 29.2 Å². The van der Waals surface area contributed by atoms with Crippen molar-refractivity contribution in [2.24, 2.45) is 0 Å². The van der Waals surface area contributed by atoms with Crippen molar-refractivity contribution in [2.75, 3.05) is 0 Å². The van der Waals surface area contributed by atoms with Crippen LogP contribution in [0.25, 0.3) is 27.1 Å². The molecular formula is C26H33Cl2OSi3Zr. The maximum atomic E-state index is 6.99. The summed E-state index contributed by atoms with van der Waals surface area (Å²) in [6.07, 6.45) is 7.92. The van der Waals surface area contributed by atoms with Crippen LogP contribution in [0.5, 0.6) is 5.75 Å². The third-order valence-electron chi connectivity index (χ3n) is 7.70. The fourth-order valence-corrected chi connectivity index (χ4v) is 19.3. The van der Waals surface area contributed by atoms with E-state index in [-0.39, 0.29) is 51.0 Å². The minimum Gasteiger partial charge on any atom is -1.00 e. The molecule has 33 heavy (non-hydrogen) atoms. The molecule has 1 heterocycles. The van der Waals surface area contributed by atoms with Gasteiger partial charge in [0.2, 0.25) is 8.32 Å². The molecule has 1 atom stereocenters. The van der Waals surface area contributed by atoms with E-state index < -0.39 is 23.5 Å². The van der Waals surface area contributed by atoms with Crippen molar-refractivity contribution in [3.8, 4) is 5.75 Å². The Bertz CT molecular complexity index is 1270. The van der Waals surface area contributed by atoms with Crippen molar-refractivity contribution >= 4 is 61.0 Å². The van der Waals surface area contributed by atoms with Crippen LogP contribution in [-0.4, -0.2) is 23.5 Å². The van der Waals surface area contributed by atoms with E-state index in [1.54, 1.807) is 10.4 Å². The van der Waals surface area contributed by atoms with Crippen molar-refractivity contribution in [3.63, 3.8) is 0 Å². The third-order valence-corrected chi connectivity index (χ3v) is 26.4. The summed E-state index contributed by atoms with van der Waals surface area (Å²) in [6, 6.07) is 12.8. The van der Waals surface area contributed by atoms with Crippen molar-refractivity contribution in [3.05, 3.63) is 54.1 Å². The smallest absolute Gasteiger partial charge is 1.00 e. The van der Waals surface area contributed by atoms with Gasteiger partial charge in [-0.3, -0.25) is 0 Å². The van der Waals surface area contributed by atoms with Gasteiger partial charge in [0.15, 0.2) is 0 Å². The predicted octanol–water partition coefficient (Wildman–Crippen LogP) is 0.587. The first-order valence-electron chi connectivity index (χ1n) is 11.3. The molecule has 3 aromatic rings. The SMILES string of the molecule is CC[Si](C)(C)[Si]1(C)c2c(C3=CC=CC3)c(O[Si](C)(C)C)c3c([cH-]c4ccccc43)c21.[Cl-].[Cl-].[Zr+3]. The molecule has 1 unspecified atom stereocenters. The van der Waals surface area contributed by atoms with Crippen molar-refractivity contribution in [1.29, 1.82) is 0 Å². The van der Waals surface area contributed by atoms with E-state index >= 15 is 0 Å². The van der Waals surface area contributed by atoms with Crippen LogP contribution >= 0.6 is 0 Å². The molecule has 173 valence electrons. The van der Waals surface area contributed by atoms with Crippen LogP contribution in [0.4, 0.5) is 0 Å². The van der Waals surface area contributed by atoms with Crippen LogP contribution in [0.1, 0.15) is 18.9 Å². The number of halogens is 2. The minimum atomic E-state index is -1.78. The topological polar surface area (TPSA) is 9.23 Å². The average Bonchev–Trinajstić information content (AvgIpc) is 3.07. The molecule has 0 spiro atoms. The Labute approximate surface area is 233 Å². The van der Waals surface area contributed by atoms with Crippen LogP contribution in [0, 0.1) is 0 Å². The summed E-state index contributed by atoms with van der Waals surface area (Å²) in [5.74, 6) is 1.20. The van der Waals surface area contributed by atoms with Gasteiger partial charge in [0.1, 0.15) is 0 Å². The van der Waals surface area contributed by atoms with E-state index in [9.17, 15) is 0 Å². The maximum Gasteiger partial charge on any atom is 3.00 e. The Morgan fingerprint density at radius 1 is 1.03 bits per heavy atom. The quantitative estimate of drug-likeness (QED) is 0.305. The summed E-state index contributed by atoms with van der Waals surface area (Å²) in [5.41, 5.74) is 2.97. The van der Waals surface area contributed by atoms with Gasteiger partial charge >= 0.3 is 26.2 Å². The predicted molar refractivity (Wildman–Crippen MR) is 142 cm³/mol. The number of hydrogen-bond donors (Lipinski definition) is 0. The van der Waals surface area contributed by atoms with Gasteiger partial charge in [-0.1, -0.05) is 79.6 Å². The zero-order chi connectivity index (χ0) is 21.5. The number of benzene rings is 2. The summed E-state index contributed by atoms with van der Waals surface area (Å²) in [5, 5.41) is 9.15. The van der Waals surface area contributed by atoms with Crippen molar-refractivity contribution < 1.29 is 55.4 Å². The summed E-state index contributed by atoms with van der Waals surface area (Å²) >= 11 is 0. The van der Waals surface area contributed by atoms with Gasteiger partial charge in [-0.05, 0) is 31.6 Å². The first-order chi connectivity index (χ1) is 14.1. The fraction of sp³-hybridized carbons (Fsp3) is 0.346. The second-order valence-electron chi connectivity index (χ2n) is 10.9. The van der Waals surface area contributed by atoms with Crippen LogP contribution in [0.15, 0.2) is 48.6 Å². The van der Waals surface area contributed by atoms with Gasteiger partial charge in [-0.25, -0.2) is 0 Å². The molecule has 2 aliphatic rings. The molecule has 0 saturated heterocycles. The molecule has 0 aromatic heterocycles. The molecule has 1 aliphatic heterocycles. The van der Waals surface area contributed by atoms with Gasteiger partial charge in [-0.2, -0.15) is 0 Å². The zero-order valence-corrected chi connectivity index (χ0v) is 27.7. The van der Waals surface area contributed by atoms with Crippen molar-refractivity contribution in [2.45, 2.75) is 58.7 Å². The van der Waals surface area contributed by atoms with Gasteiger partial charge in [-0.15, -0.1) is 33.5 Å². The number of fused-ring (bicyclic) bond motifs is 5. The van der Waals surface area contributed by atoms with Gasteiger partial charge in [0, 0.05) is 13.2 Å². The Balaban J connectivity index is 0.00000128. The van der Waals surface area contributed by atoms with Crippen LogP contribution < -0.4 is 39.6 Å². The maximum absolute atomic E-state index is 6.99. The van der Waals surface area contributed by atoms with E-state index in [0.29, 0.717) is 0 Å². The second-order valence-corrected chi connectivity index (χ2v) is 30.1. The van der Waals surface area contributed by atoms with Crippen molar-refractivity contribution in [1.82, 2.24) is 0 Å². The molecule has 1 radical (unpaired) electrons. The molecule has 1 aliphatic carbocycles. The van der Waals surface area contributed by atoms with E-state index in [1.807, 2.05) is 0 Å². The van der Waals surface area contributed by atoms with E-state index in [4.69, 9.17) is 4.43 Å². The molecule has 0 bridgehead atoms. The van der Waals surface area contributed by atoms with E-state index in [1.165, 1.54) is 44.5 Å². The number of hydrogen-bond acceptors (Lipinski definition) is 1. The first kappa shape index (κ1) is 28.9. The molecule has 0 saturated carbocycles. The van der Waals surface area contributed by atoms with Gasteiger partial charge in [0.25, 0.3) is 0 Å². The zero-order valence-electron chi connectivity index (χ0n) is 20.7. The molecule has 0 amide bonds. The Kier molecular flexibility index (Phi) is 8.45. The average molecular weight is 608 g/mol. The largest absolute Gasteiger partial charge is 3.00 e. The Morgan fingerprint density at radius 2 is 1.70 bits per heavy atom. The summed E-state index contributed by atoms with van der Waals surface area (Å²) < 4.78 is 6.99. The molecule has 1 nitrogen and oxygen atoms in total. The molecule has 3 aromatic carbocycles. The standard InChI is InChI=1S/C26H33OSi3.2ClH.Zr/c1-8-29(5,6)30(7)25-21-17-19-15-11-12-16-20(19)23(21)24(27-28(2,3)4)22(26(25)30)18-13-9-10-14-18;;;/h9-13,15-17H,8,14H2,1-7H3;2*1H;/q-1;;;+3/p-2. The van der Waals surface area contributed by atoms with Crippen LogP contribution in [0.2, 0.25) is 45.3 Å².